The Balaban J connectivity index is 0.00000240. The highest BCUT2D eigenvalue weighted by molar-refractivity contribution is 5.98. The second-order valence-corrected chi connectivity index (χ2v) is 12.1. The summed E-state index contributed by atoms with van der Waals surface area (Å²) in [7, 11) is 3.70. The molecule has 1 aromatic heterocycles. The normalized spacial score (nSPS) is 19.9. The van der Waals surface area contributed by atoms with Crippen molar-refractivity contribution in [3.8, 4) is 5.75 Å². The van der Waals surface area contributed by atoms with E-state index in [0.29, 0.717) is 35.9 Å². The van der Waals surface area contributed by atoms with Crippen molar-refractivity contribution in [1.82, 2.24) is 20.2 Å². The first kappa shape index (κ1) is 29.9. The number of fused-ring (bicyclic) bond motifs is 1. The molecule has 10 heteroatoms. The monoisotopic (exact) mass is 601 g/mol. The Morgan fingerprint density at radius 3 is 2.52 bits per heavy atom. The summed E-state index contributed by atoms with van der Waals surface area (Å²) in [5.74, 6) is 1.67. The number of amides is 2. The third-order valence-corrected chi connectivity index (χ3v) is 9.27. The SMILES string of the molecule is CCN1C(=O)CC(c2ccccc2)N(C2CCCC2)c2nc(Nc3ccc(C(=O)NC4CCN(C)CC4)cc3OC)ncc21.[HH].[HH]. The van der Waals surface area contributed by atoms with E-state index < -0.39 is 0 Å². The van der Waals surface area contributed by atoms with Crippen LogP contribution in [0.15, 0.2) is 54.7 Å². The van der Waals surface area contributed by atoms with Crippen LogP contribution in [-0.2, 0) is 4.79 Å². The number of carbonyl (C=O) groups excluding carboxylic acids is 2. The third kappa shape index (κ3) is 6.22. The zero-order chi connectivity index (χ0) is 30.6. The number of carbonyl (C=O) groups is 2. The van der Waals surface area contributed by atoms with Crippen LogP contribution in [0.2, 0.25) is 0 Å². The minimum atomic E-state index is -0.123. The van der Waals surface area contributed by atoms with Crippen molar-refractivity contribution in [3.05, 3.63) is 65.9 Å². The molecule has 6 rings (SSSR count). The predicted molar refractivity (Wildman–Crippen MR) is 177 cm³/mol. The fourth-order valence-electron chi connectivity index (χ4n) is 6.85. The molecule has 0 bridgehead atoms. The average molecular weight is 602 g/mol. The molecule has 1 unspecified atom stereocenters. The summed E-state index contributed by atoms with van der Waals surface area (Å²) in [4.78, 5) is 42.9. The number of aromatic nitrogens is 2. The van der Waals surface area contributed by atoms with Crippen LogP contribution in [-0.4, -0.2) is 72.6 Å². The number of hydrogen-bond donors (Lipinski definition) is 2. The zero-order valence-electron chi connectivity index (χ0n) is 26.0. The summed E-state index contributed by atoms with van der Waals surface area (Å²) in [5.41, 5.74) is 3.05. The van der Waals surface area contributed by atoms with Crippen molar-refractivity contribution in [2.75, 3.05) is 48.9 Å². The molecule has 0 radical (unpaired) electrons. The van der Waals surface area contributed by atoms with Crippen LogP contribution >= 0.6 is 0 Å². The number of likely N-dealkylation sites (tertiary alicyclic amines) is 1. The van der Waals surface area contributed by atoms with E-state index >= 15 is 0 Å². The molecule has 1 atom stereocenters. The van der Waals surface area contributed by atoms with E-state index in [2.05, 4.69) is 44.6 Å². The average Bonchev–Trinajstić information content (AvgIpc) is 3.54. The number of rotatable bonds is 8. The van der Waals surface area contributed by atoms with Gasteiger partial charge in [0.1, 0.15) is 11.4 Å². The molecular weight excluding hydrogens is 554 g/mol. The van der Waals surface area contributed by atoms with E-state index in [9.17, 15) is 9.59 Å². The lowest BCUT2D eigenvalue weighted by atomic mass is 9.99. The van der Waals surface area contributed by atoms with Crippen molar-refractivity contribution in [1.29, 1.82) is 0 Å². The maximum atomic E-state index is 13.6. The van der Waals surface area contributed by atoms with Crippen molar-refractivity contribution >= 4 is 35.0 Å². The van der Waals surface area contributed by atoms with Gasteiger partial charge in [-0.15, -0.1) is 0 Å². The van der Waals surface area contributed by atoms with Crippen molar-refractivity contribution < 1.29 is 17.2 Å². The van der Waals surface area contributed by atoms with Gasteiger partial charge >= 0.3 is 0 Å². The topological polar surface area (TPSA) is 103 Å². The number of hydrogen-bond acceptors (Lipinski definition) is 8. The van der Waals surface area contributed by atoms with Gasteiger partial charge < -0.3 is 30.1 Å². The van der Waals surface area contributed by atoms with Crippen LogP contribution in [0, 0.1) is 0 Å². The summed E-state index contributed by atoms with van der Waals surface area (Å²) in [5, 5.41) is 6.52. The first-order valence-electron chi connectivity index (χ1n) is 15.9. The summed E-state index contributed by atoms with van der Waals surface area (Å²) < 4.78 is 5.70. The molecule has 0 spiro atoms. The van der Waals surface area contributed by atoms with E-state index in [1.807, 2.05) is 36.1 Å². The highest BCUT2D eigenvalue weighted by Gasteiger charge is 2.39. The maximum absolute atomic E-state index is 13.6. The number of anilines is 4. The maximum Gasteiger partial charge on any atom is 0.251 e. The van der Waals surface area contributed by atoms with Crippen LogP contribution in [0.3, 0.4) is 0 Å². The van der Waals surface area contributed by atoms with Crippen LogP contribution in [0.5, 0.6) is 5.75 Å². The van der Waals surface area contributed by atoms with Gasteiger partial charge in [0.05, 0.1) is 31.5 Å². The summed E-state index contributed by atoms with van der Waals surface area (Å²) in [6.07, 6.45) is 8.47. The van der Waals surface area contributed by atoms with Crippen LogP contribution in [0.1, 0.15) is 76.7 Å². The molecule has 1 saturated heterocycles. The number of piperidine rings is 1. The second-order valence-electron chi connectivity index (χ2n) is 12.1. The van der Waals surface area contributed by atoms with Gasteiger partial charge in [-0.2, -0.15) is 4.98 Å². The predicted octanol–water partition coefficient (Wildman–Crippen LogP) is 5.79. The van der Waals surface area contributed by atoms with Gasteiger partial charge in [-0.25, -0.2) is 4.98 Å². The largest absolute Gasteiger partial charge is 0.495 e. The summed E-state index contributed by atoms with van der Waals surface area (Å²) in [6, 6.07) is 16.0. The molecule has 236 valence electrons. The lowest BCUT2D eigenvalue weighted by Gasteiger charge is -2.37. The third-order valence-electron chi connectivity index (χ3n) is 9.27. The molecule has 2 N–H and O–H groups in total. The first-order valence-corrected chi connectivity index (χ1v) is 15.9. The Labute approximate surface area is 262 Å². The standard InChI is InChI=1S/C34H43N7O3.2H2/c1-4-40-29-22-35-34(37-27-15-14-24(20-30(27)44-3)33(43)36-25-16-18-39(2)19-17-25)38-32(29)41(26-12-8-9-13-26)28(21-31(40)42)23-10-6-5-7-11-23;;/h5-7,10-11,14-15,20,22,25-26,28H,4,8-9,12-13,16-19,21H2,1-3H3,(H,36,43)(H,35,37,38);2*1H. The zero-order valence-corrected chi connectivity index (χ0v) is 26.0. The molecule has 2 fully saturated rings. The number of nitrogens with zero attached hydrogens (tertiary/aromatic N) is 5. The highest BCUT2D eigenvalue weighted by Crippen LogP contribution is 2.44. The van der Waals surface area contributed by atoms with Gasteiger partial charge in [0, 0.05) is 27.0 Å². The molecular formula is C34H47N7O3. The molecule has 3 aliphatic rings. The van der Waals surface area contributed by atoms with Gasteiger partial charge in [0.15, 0.2) is 5.82 Å². The van der Waals surface area contributed by atoms with E-state index in [-0.39, 0.29) is 32.8 Å². The first-order chi connectivity index (χ1) is 21.4. The van der Waals surface area contributed by atoms with Gasteiger partial charge in [-0.3, -0.25) is 9.59 Å². The smallest absolute Gasteiger partial charge is 0.251 e. The molecule has 44 heavy (non-hydrogen) atoms. The number of benzene rings is 2. The molecule has 3 heterocycles. The van der Waals surface area contributed by atoms with Crippen LogP contribution < -0.4 is 25.2 Å². The van der Waals surface area contributed by atoms with Gasteiger partial charge in [-0.05, 0) is 76.5 Å². The lowest BCUT2D eigenvalue weighted by molar-refractivity contribution is -0.118. The lowest BCUT2D eigenvalue weighted by Crippen LogP contribution is -2.43. The van der Waals surface area contributed by atoms with Crippen LogP contribution in [0.25, 0.3) is 0 Å². The Bertz CT molecular complexity index is 1480. The molecule has 2 amide bonds. The van der Waals surface area contributed by atoms with E-state index in [4.69, 9.17) is 9.72 Å². The molecule has 1 saturated carbocycles. The number of nitrogens with one attached hydrogen (secondary N) is 2. The van der Waals surface area contributed by atoms with E-state index in [0.717, 1.165) is 68.7 Å². The Morgan fingerprint density at radius 2 is 1.82 bits per heavy atom. The summed E-state index contributed by atoms with van der Waals surface area (Å²) >= 11 is 0. The quantitative estimate of drug-likeness (QED) is 0.335. The fourth-order valence-corrected chi connectivity index (χ4v) is 6.85. The van der Waals surface area contributed by atoms with Gasteiger partial charge in [-0.1, -0.05) is 43.2 Å². The Kier molecular flexibility index (Phi) is 8.97. The van der Waals surface area contributed by atoms with Crippen molar-refractivity contribution in [2.24, 2.45) is 0 Å². The minimum Gasteiger partial charge on any atom is -0.495 e. The molecule has 1 aliphatic carbocycles. The van der Waals surface area contributed by atoms with Gasteiger partial charge in [0.25, 0.3) is 5.91 Å². The van der Waals surface area contributed by atoms with Crippen molar-refractivity contribution in [2.45, 2.75) is 70.0 Å². The second kappa shape index (κ2) is 13.2. The minimum absolute atomic E-state index is 0. The highest BCUT2D eigenvalue weighted by atomic mass is 16.5. The molecule has 2 aromatic carbocycles. The fraction of sp³-hybridized carbons (Fsp3) is 0.471. The van der Waals surface area contributed by atoms with E-state index in [1.165, 1.54) is 0 Å². The van der Waals surface area contributed by atoms with E-state index in [1.54, 1.807) is 25.4 Å². The Morgan fingerprint density at radius 1 is 1.07 bits per heavy atom. The number of ether oxygens (including phenoxy) is 1. The molecule has 2 aliphatic heterocycles. The number of methoxy groups -OCH3 is 1. The van der Waals surface area contributed by atoms with Crippen LogP contribution in [0.4, 0.5) is 23.1 Å². The van der Waals surface area contributed by atoms with Crippen molar-refractivity contribution in [3.63, 3.8) is 0 Å². The summed E-state index contributed by atoms with van der Waals surface area (Å²) in [6.45, 7) is 4.49. The molecule has 3 aromatic rings. The Hall–Kier alpha value is -4.18. The van der Waals surface area contributed by atoms with Gasteiger partial charge in [0.2, 0.25) is 11.9 Å². The molecule has 10 nitrogen and oxygen atoms in total.